The predicted octanol–water partition coefficient (Wildman–Crippen LogP) is 3.44. The first kappa shape index (κ1) is 13.5. The molecular formula is C12H13ClF3NO. The van der Waals surface area contributed by atoms with Crippen LogP contribution < -0.4 is 5.73 Å². The van der Waals surface area contributed by atoms with Crippen LogP contribution in [0.5, 0.6) is 5.75 Å². The summed E-state index contributed by atoms with van der Waals surface area (Å²) in [4.78, 5) is 0. The lowest BCUT2D eigenvalue weighted by molar-refractivity contribution is -0.137. The molecule has 0 radical (unpaired) electrons. The van der Waals surface area contributed by atoms with Crippen LogP contribution in [0.4, 0.5) is 13.2 Å². The van der Waals surface area contributed by atoms with E-state index in [0.717, 1.165) is 18.9 Å². The van der Waals surface area contributed by atoms with E-state index in [4.69, 9.17) is 17.3 Å². The first-order valence-electron chi connectivity index (χ1n) is 5.54. The van der Waals surface area contributed by atoms with Crippen molar-refractivity contribution in [2.75, 3.05) is 0 Å². The van der Waals surface area contributed by atoms with Crippen LogP contribution >= 0.6 is 11.6 Å². The van der Waals surface area contributed by atoms with Gasteiger partial charge in [-0.25, -0.2) is 0 Å². The molecule has 1 fully saturated rings. The number of rotatable bonds is 2. The molecule has 1 atom stereocenters. The minimum atomic E-state index is -4.52. The van der Waals surface area contributed by atoms with Crippen molar-refractivity contribution in [3.05, 3.63) is 28.3 Å². The lowest BCUT2D eigenvalue weighted by atomic mass is 9.88. The molecule has 0 aliphatic heterocycles. The van der Waals surface area contributed by atoms with Gasteiger partial charge in [-0.3, -0.25) is 0 Å². The second-order valence-corrected chi connectivity index (χ2v) is 5.20. The van der Waals surface area contributed by atoms with Crippen LogP contribution in [0.3, 0.4) is 0 Å². The quantitative estimate of drug-likeness (QED) is 0.871. The molecular weight excluding hydrogens is 267 g/mol. The zero-order valence-electron chi connectivity index (χ0n) is 9.68. The van der Waals surface area contributed by atoms with Crippen LogP contribution in [0.15, 0.2) is 12.1 Å². The lowest BCUT2D eigenvalue weighted by Gasteiger charge is -2.23. The van der Waals surface area contributed by atoms with Gasteiger partial charge in [0, 0.05) is 22.0 Å². The average molecular weight is 280 g/mol. The van der Waals surface area contributed by atoms with E-state index in [2.05, 4.69) is 0 Å². The molecule has 1 aromatic rings. The highest BCUT2D eigenvalue weighted by molar-refractivity contribution is 6.31. The van der Waals surface area contributed by atoms with E-state index in [0.29, 0.717) is 11.6 Å². The average Bonchev–Trinajstić information content (AvgIpc) is 2.96. The maximum atomic E-state index is 12.6. The standard InChI is InChI=1S/C12H13ClF3NO/c1-6(17)11(2-3-11)10-8(13)4-7(5-9(10)18)12(14,15)16/h4-6,18H,2-3,17H2,1H3. The number of halogens is 4. The van der Waals surface area contributed by atoms with Gasteiger partial charge in [-0.1, -0.05) is 11.6 Å². The second kappa shape index (κ2) is 4.03. The third kappa shape index (κ3) is 2.06. The highest BCUT2D eigenvalue weighted by Gasteiger charge is 2.50. The summed E-state index contributed by atoms with van der Waals surface area (Å²) in [6.07, 6.45) is -3.07. The SMILES string of the molecule is CC(N)C1(c2c(O)cc(C(F)(F)F)cc2Cl)CC1. The second-order valence-electron chi connectivity index (χ2n) is 4.79. The van der Waals surface area contributed by atoms with Gasteiger partial charge in [0.2, 0.25) is 0 Å². The van der Waals surface area contributed by atoms with Crippen LogP contribution in [-0.4, -0.2) is 11.1 Å². The Morgan fingerprint density at radius 3 is 2.28 bits per heavy atom. The monoisotopic (exact) mass is 279 g/mol. The van der Waals surface area contributed by atoms with Gasteiger partial charge >= 0.3 is 6.18 Å². The fraction of sp³-hybridized carbons (Fsp3) is 0.500. The highest BCUT2D eigenvalue weighted by Crippen LogP contribution is 2.56. The minimum Gasteiger partial charge on any atom is -0.508 e. The molecule has 0 heterocycles. The molecule has 18 heavy (non-hydrogen) atoms. The minimum absolute atomic E-state index is 0.0721. The Balaban J connectivity index is 2.53. The molecule has 1 aliphatic rings. The Hall–Kier alpha value is -0.940. The lowest BCUT2D eigenvalue weighted by Crippen LogP contribution is -2.32. The molecule has 0 amide bonds. The first-order valence-corrected chi connectivity index (χ1v) is 5.92. The molecule has 1 saturated carbocycles. The molecule has 3 N–H and O–H groups in total. The van der Waals surface area contributed by atoms with E-state index >= 15 is 0 Å². The van der Waals surface area contributed by atoms with E-state index in [9.17, 15) is 18.3 Å². The van der Waals surface area contributed by atoms with Crippen molar-refractivity contribution in [3.63, 3.8) is 0 Å². The Morgan fingerprint density at radius 1 is 1.39 bits per heavy atom. The third-order valence-electron chi connectivity index (χ3n) is 3.55. The molecule has 1 unspecified atom stereocenters. The molecule has 1 aliphatic carbocycles. The summed E-state index contributed by atoms with van der Waals surface area (Å²) in [5.74, 6) is -0.426. The number of phenols is 1. The molecule has 2 rings (SSSR count). The maximum absolute atomic E-state index is 12.6. The molecule has 0 aromatic heterocycles. The number of hydrogen-bond acceptors (Lipinski definition) is 2. The summed E-state index contributed by atoms with van der Waals surface area (Å²) in [6, 6.07) is 1.29. The van der Waals surface area contributed by atoms with Crippen LogP contribution in [0, 0.1) is 0 Å². The van der Waals surface area contributed by atoms with Crippen LogP contribution in [-0.2, 0) is 11.6 Å². The maximum Gasteiger partial charge on any atom is 0.416 e. The fourth-order valence-corrected chi connectivity index (χ4v) is 2.72. The molecule has 100 valence electrons. The molecule has 0 saturated heterocycles. The van der Waals surface area contributed by atoms with Gasteiger partial charge < -0.3 is 10.8 Å². The van der Waals surface area contributed by atoms with Crippen molar-refractivity contribution in [1.82, 2.24) is 0 Å². The predicted molar refractivity (Wildman–Crippen MR) is 62.7 cm³/mol. The summed E-state index contributed by atoms with van der Waals surface area (Å²) in [6.45, 7) is 1.76. The zero-order valence-corrected chi connectivity index (χ0v) is 10.4. The van der Waals surface area contributed by atoms with Crippen molar-refractivity contribution in [1.29, 1.82) is 0 Å². The van der Waals surface area contributed by atoms with Gasteiger partial charge in [0.1, 0.15) is 5.75 Å². The number of benzene rings is 1. The molecule has 0 spiro atoms. The molecule has 6 heteroatoms. The Bertz CT molecular complexity index is 458. The van der Waals surface area contributed by atoms with E-state index in [1.165, 1.54) is 0 Å². The fourth-order valence-electron chi connectivity index (χ4n) is 2.32. The van der Waals surface area contributed by atoms with Gasteiger partial charge in [-0.2, -0.15) is 13.2 Å². The van der Waals surface area contributed by atoms with Crippen molar-refractivity contribution in [2.24, 2.45) is 5.73 Å². The topological polar surface area (TPSA) is 46.2 Å². The Labute approximate surface area is 108 Å². The van der Waals surface area contributed by atoms with Crippen LogP contribution in [0.25, 0.3) is 0 Å². The normalized spacial score (nSPS) is 19.7. The van der Waals surface area contributed by atoms with E-state index in [1.54, 1.807) is 6.92 Å². The summed E-state index contributed by atoms with van der Waals surface area (Å²) < 4.78 is 37.7. The number of aromatic hydroxyl groups is 1. The van der Waals surface area contributed by atoms with Gasteiger partial charge in [0.25, 0.3) is 0 Å². The van der Waals surface area contributed by atoms with Gasteiger partial charge in [-0.15, -0.1) is 0 Å². The first-order chi connectivity index (χ1) is 8.18. The van der Waals surface area contributed by atoms with Gasteiger partial charge in [-0.05, 0) is 31.9 Å². The van der Waals surface area contributed by atoms with Gasteiger partial charge in [0.15, 0.2) is 0 Å². The van der Waals surface area contributed by atoms with Gasteiger partial charge in [0.05, 0.1) is 5.56 Å². The summed E-state index contributed by atoms with van der Waals surface area (Å²) in [7, 11) is 0. The number of hydrogen-bond donors (Lipinski definition) is 2. The molecule has 1 aromatic carbocycles. The van der Waals surface area contributed by atoms with Crippen LogP contribution in [0.1, 0.15) is 30.9 Å². The van der Waals surface area contributed by atoms with E-state index in [-0.39, 0.29) is 11.1 Å². The number of alkyl halides is 3. The van der Waals surface area contributed by atoms with Crippen LogP contribution in [0.2, 0.25) is 5.02 Å². The molecule has 2 nitrogen and oxygen atoms in total. The molecule has 0 bridgehead atoms. The van der Waals surface area contributed by atoms with Crippen molar-refractivity contribution >= 4 is 11.6 Å². The highest BCUT2D eigenvalue weighted by atomic mass is 35.5. The number of nitrogens with two attached hydrogens (primary N) is 1. The third-order valence-corrected chi connectivity index (χ3v) is 3.85. The Kier molecular flexibility index (Phi) is 3.02. The number of phenolic OH excluding ortho intramolecular Hbond substituents is 1. The van der Waals surface area contributed by atoms with E-state index < -0.39 is 22.9 Å². The largest absolute Gasteiger partial charge is 0.508 e. The van der Waals surface area contributed by atoms with Crippen molar-refractivity contribution < 1.29 is 18.3 Å². The van der Waals surface area contributed by atoms with Crippen molar-refractivity contribution in [2.45, 2.75) is 37.4 Å². The zero-order chi connectivity index (χ0) is 13.7. The van der Waals surface area contributed by atoms with E-state index in [1.807, 2.05) is 0 Å². The van der Waals surface area contributed by atoms with Crippen molar-refractivity contribution in [3.8, 4) is 5.75 Å². The Morgan fingerprint density at radius 2 is 1.94 bits per heavy atom. The summed E-state index contributed by atoms with van der Waals surface area (Å²) in [5, 5.41) is 9.75. The smallest absolute Gasteiger partial charge is 0.416 e. The summed E-state index contributed by atoms with van der Waals surface area (Å²) in [5.41, 5.74) is 4.74. The summed E-state index contributed by atoms with van der Waals surface area (Å²) >= 11 is 5.89.